The Morgan fingerprint density at radius 3 is 2.68 bits per heavy atom. The number of nitrogens with one attached hydrogen (secondary N) is 3. The number of benzene rings is 2. The number of halogens is 2. The van der Waals surface area contributed by atoms with Gasteiger partial charge in [-0.2, -0.15) is 0 Å². The molecule has 0 spiro atoms. The lowest BCUT2D eigenvalue weighted by Gasteiger charge is -2.36. The summed E-state index contributed by atoms with van der Waals surface area (Å²) in [7, 11) is 0. The molecule has 150 valence electrons. The molecule has 1 heterocycles. The summed E-state index contributed by atoms with van der Waals surface area (Å²) in [5.41, 5.74) is 1.50. The van der Waals surface area contributed by atoms with E-state index in [0.29, 0.717) is 18.8 Å². The van der Waals surface area contributed by atoms with E-state index in [0.717, 1.165) is 18.7 Å². The minimum atomic E-state index is -0.548. The lowest BCUT2D eigenvalue weighted by molar-refractivity contribution is -0.120. The van der Waals surface area contributed by atoms with Gasteiger partial charge in [-0.25, -0.2) is 9.18 Å². The van der Waals surface area contributed by atoms with E-state index in [1.807, 2.05) is 12.1 Å². The van der Waals surface area contributed by atoms with Crippen molar-refractivity contribution in [3.8, 4) is 0 Å². The van der Waals surface area contributed by atoms with Crippen LogP contribution in [0.4, 0.5) is 14.9 Å². The van der Waals surface area contributed by atoms with Crippen molar-refractivity contribution in [2.45, 2.75) is 12.5 Å². The van der Waals surface area contributed by atoms with E-state index < -0.39 is 6.03 Å². The van der Waals surface area contributed by atoms with Crippen molar-refractivity contribution in [2.75, 3.05) is 31.5 Å². The standard InChI is InChI=1S/C20H23FN4O2.ClH/c21-16-6-4-5-15(13-16)18-14-22-10-12-25(18)11-9-19(26)24-20(27)23-17-7-2-1-3-8-17;/h1-8,13,18,22H,9-12,14H2,(H2,23,24,26,27);1H. The molecule has 1 aliphatic heterocycles. The Balaban J connectivity index is 0.00000280. The second kappa shape index (κ2) is 10.8. The molecular formula is C20H24ClFN4O2. The highest BCUT2D eigenvalue weighted by atomic mass is 35.5. The molecule has 1 saturated heterocycles. The van der Waals surface area contributed by atoms with Crippen molar-refractivity contribution in [3.63, 3.8) is 0 Å². The van der Waals surface area contributed by atoms with Gasteiger partial charge < -0.3 is 10.6 Å². The molecule has 2 aromatic carbocycles. The van der Waals surface area contributed by atoms with E-state index in [4.69, 9.17) is 0 Å². The van der Waals surface area contributed by atoms with E-state index in [1.54, 1.807) is 30.3 Å². The first kappa shape index (κ1) is 21.8. The number of hydrogen-bond donors (Lipinski definition) is 3. The Morgan fingerprint density at radius 2 is 1.93 bits per heavy atom. The lowest BCUT2D eigenvalue weighted by Crippen LogP contribution is -2.47. The van der Waals surface area contributed by atoms with Gasteiger partial charge in [-0.05, 0) is 29.8 Å². The first-order valence-corrected chi connectivity index (χ1v) is 8.98. The molecule has 28 heavy (non-hydrogen) atoms. The summed E-state index contributed by atoms with van der Waals surface area (Å²) in [4.78, 5) is 26.1. The molecule has 6 nitrogen and oxygen atoms in total. The second-order valence-corrected chi connectivity index (χ2v) is 6.43. The van der Waals surface area contributed by atoms with Crippen LogP contribution in [0.5, 0.6) is 0 Å². The summed E-state index contributed by atoms with van der Waals surface area (Å²) in [6.45, 7) is 2.75. The predicted molar refractivity (Wildman–Crippen MR) is 109 cm³/mol. The minimum Gasteiger partial charge on any atom is -0.314 e. The molecule has 1 atom stereocenters. The summed E-state index contributed by atoms with van der Waals surface area (Å²) in [6.07, 6.45) is 0.189. The van der Waals surface area contributed by atoms with Gasteiger partial charge in [0.15, 0.2) is 0 Å². The number of hydrogen-bond acceptors (Lipinski definition) is 4. The van der Waals surface area contributed by atoms with Crippen LogP contribution >= 0.6 is 12.4 Å². The third-order valence-corrected chi connectivity index (χ3v) is 4.50. The fraction of sp³-hybridized carbons (Fsp3) is 0.300. The first-order chi connectivity index (χ1) is 13.1. The zero-order valence-corrected chi connectivity index (χ0v) is 16.2. The van der Waals surface area contributed by atoms with Crippen LogP contribution < -0.4 is 16.0 Å². The van der Waals surface area contributed by atoms with E-state index in [1.165, 1.54) is 12.1 Å². The molecule has 0 radical (unpaired) electrons. The van der Waals surface area contributed by atoms with E-state index in [2.05, 4.69) is 20.9 Å². The summed E-state index contributed by atoms with van der Waals surface area (Å²) in [5, 5.41) is 8.26. The number of imide groups is 1. The zero-order chi connectivity index (χ0) is 19.1. The normalized spacial score (nSPS) is 16.7. The van der Waals surface area contributed by atoms with Crippen molar-refractivity contribution < 1.29 is 14.0 Å². The number of carbonyl (C=O) groups is 2. The van der Waals surface area contributed by atoms with Gasteiger partial charge in [-0.15, -0.1) is 12.4 Å². The van der Waals surface area contributed by atoms with E-state index >= 15 is 0 Å². The highest BCUT2D eigenvalue weighted by Gasteiger charge is 2.24. The van der Waals surface area contributed by atoms with Crippen molar-refractivity contribution in [1.29, 1.82) is 0 Å². The number of carbonyl (C=O) groups excluding carboxylic acids is 2. The number of piperazine rings is 1. The van der Waals surface area contributed by atoms with Crippen molar-refractivity contribution in [3.05, 3.63) is 66.0 Å². The van der Waals surface area contributed by atoms with Gasteiger partial charge in [-0.1, -0.05) is 30.3 Å². The van der Waals surface area contributed by atoms with Crippen LogP contribution in [-0.2, 0) is 4.79 Å². The molecule has 8 heteroatoms. The van der Waals surface area contributed by atoms with Gasteiger partial charge in [0.2, 0.25) is 5.91 Å². The maximum Gasteiger partial charge on any atom is 0.325 e. The molecule has 1 aliphatic rings. The molecular weight excluding hydrogens is 383 g/mol. The quantitative estimate of drug-likeness (QED) is 0.713. The maximum atomic E-state index is 13.5. The summed E-state index contributed by atoms with van der Waals surface area (Å²) < 4.78 is 13.5. The molecule has 3 rings (SSSR count). The van der Waals surface area contributed by atoms with Crippen LogP contribution in [0.2, 0.25) is 0 Å². The summed E-state index contributed by atoms with van der Waals surface area (Å²) in [6, 6.07) is 14.9. The van der Waals surface area contributed by atoms with Crippen LogP contribution in [0.15, 0.2) is 54.6 Å². The topological polar surface area (TPSA) is 73.5 Å². The van der Waals surface area contributed by atoms with Crippen LogP contribution in [0, 0.1) is 5.82 Å². The van der Waals surface area contributed by atoms with Crippen LogP contribution in [-0.4, -0.2) is 43.0 Å². The molecule has 1 fully saturated rings. The Morgan fingerprint density at radius 1 is 1.14 bits per heavy atom. The smallest absolute Gasteiger partial charge is 0.314 e. The largest absolute Gasteiger partial charge is 0.325 e. The molecule has 2 aromatic rings. The second-order valence-electron chi connectivity index (χ2n) is 6.43. The number of rotatable bonds is 5. The molecule has 0 bridgehead atoms. The van der Waals surface area contributed by atoms with Gasteiger partial charge >= 0.3 is 6.03 Å². The predicted octanol–water partition coefficient (Wildman–Crippen LogP) is 2.93. The Kier molecular flexibility index (Phi) is 8.38. The average Bonchev–Trinajstić information content (AvgIpc) is 2.67. The minimum absolute atomic E-state index is 0. The number of amides is 3. The highest BCUT2D eigenvalue weighted by Crippen LogP contribution is 2.22. The molecule has 0 aliphatic carbocycles. The van der Waals surface area contributed by atoms with E-state index in [9.17, 15) is 14.0 Å². The van der Waals surface area contributed by atoms with Crippen molar-refractivity contribution in [2.24, 2.45) is 0 Å². The number of para-hydroxylation sites is 1. The van der Waals surface area contributed by atoms with Gasteiger partial charge in [0.25, 0.3) is 0 Å². The van der Waals surface area contributed by atoms with Gasteiger partial charge in [-0.3, -0.25) is 15.0 Å². The fourth-order valence-corrected chi connectivity index (χ4v) is 3.17. The van der Waals surface area contributed by atoms with Crippen LogP contribution in [0.25, 0.3) is 0 Å². The van der Waals surface area contributed by atoms with Gasteiger partial charge in [0.1, 0.15) is 5.82 Å². The van der Waals surface area contributed by atoms with Gasteiger partial charge in [0.05, 0.1) is 0 Å². The first-order valence-electron chi connectivity index (χ1n) is 8.98. The van der Waals surface area contributed by atoms with Crippen molar-refractivity contribution in [1.82, 2.24) is 15.5 Å². The molecule has 0 aromatic heterocycles. The number of nitrogens with zero attached hydrogens (tertiary/aromatic N) is 1. The summed E-state index contributed by atoms with van der Waals surface area (Å²) >= 11 is 0. The van der Waals surface area contributed by atoms with Crippen LogP contribution in [0.1, 0.15) is 18.0 Å². The van der Waals surface area contributed by atoms with Crippen molar-refractivity contribution >= 4 is 30.0 Å². The third kappa shape index (κ3) is 6.30. The van der Waals surface area contributed by atoms with Crippen LogP contribution in [0.3, 0.4) is 0 Å². The highest BCUT2D eigenvalue weighted by molar-refractivity contribution is 6.01. The number of urea groups is 1. The molecule has 3 N–H and O–H groups in total. The SMILES string of the molecule is Cl.O=C(CCN1CCNCC1c1cccc(F)c1)NC(=O)Nc1ccccc1. The monoisotopic (exact) mass is 406 g/mol. The maximum absolute atomic E-state index is 13.5. The third-order valence-electron chi connectivity index (χ3n) is 4.50. The molecule has 0 saturated carbocycles. The Bertz CT molecular complexity index is 791. The molecule has 1 unspecified atom stereocenters. The van der Waals surface area contributed by atoms with Gasteiger partial charge in [0, 0.05) is 44.3 Å². The Labute approximate surface area is 169 Å². The lowest BCUT2D eigenvalue weighted by atomic mass is 10.0. The molecule has 3 amide bonds. The average molecular weight is 407 g/mol. The zero-order valence-electron chi connectivity index (χ0n) is 15.4. The number of anilines is 1. The fourth-order valence-electron chi connectivity index (χ4n) is 3.17. The Hall–Kier alpha value is -2.48. The van der Waals surface area contributed by atoms with E-state index in [-0.39, 0.29) is 36.6 Å². The summed E-state index contributed by atoms with van der Waals surface area (Å²) in [5.74, 6) is -0.617.